The monoisotopic (exact) mass is 289 g/mol. The third-order valence-corrected chi connectivity index (χ3v) is 4.12. The lowest BCUT2D eigenvalue weighted by molar-refractivity contribution is 0.0922. The third-order valence-electron chi connectivity index (χ3n) is 4.12. The van der Waals surface area contributed by atoms with E-state index in [0.717, 1.165) is 37.2 Å². The van der Waals surface area contributed by atoms with Crippen molar-refractivity contribution in [1.29, 1.82) is 0 Å². The van der Waals surface area contributed by atoms with Crippen molar-refractivity contribution in [1.82, 2.24) is 10.3 Å². The summed E-state index contributed by atoms with van der Waals surface area (Å²) in [5, 5.41) is 6.51. The minimum absolute atomic E-state index is 0.000188. The van der Waals surface area contributed by atoms with Gasteiger partial charge in [0.1, 0.15) is 0 Å². The molecule has 2 atom stereocenters. The van der Waals surface area contributed by atoms with E-state index in [9.17, 15) is 4.79 Å². The predicted octanol–water partition coefficient (Wildman–Crippen LogP) is 3.52. The van der Waals surface area contributed by atoms with Crippen molar-refractivity contribution in [2.45, 2.75) is 58.9 Å². The number of hydrogen-bond donors (Lipinski definition) is 2. The number of carbonyl (C=O) groups is 1. The summed E-state index contributed by atoms with van der Waals surface area (Å²) in [6, 6.07) is 2.26. The molecule has 2 rings (SSSR count). The summed E-state index contributed by atoms with van der Waals surface area (Å²) >= 11 is 0. The topological polar surface area (TPSA) is 54.0 Å². The number of nitrogens with one attached hydrogen (secondary N) is 2. The fourth-order valence-electron chi connectivity index (χ4n) is 2.98. The summed E-state index contributed by atoms with van der Waals surface area (Å²) in [6.07, 6.45) is 7.38. The number of nitrogens with zero attached hydrogens (tertiary/aromatic N) is 1. The van der Waals surface area contributed by atoms with Crippen LogP contribution in [0.1, 0.15) is 62.0 Å². The summed E-state index contributed by atoms with van der Waals surface area (Å²) < 4.78 is 0. The second kappa shape index (κ2) is 7.43. The Morgan fingerprint density at radius 1 is 1.43 bits per heavy atom. The Morgan fingerprint density at radius 3 is 2.95 bits per heavy atom. The molecule has 21 heavy (non-hydrogen) atoms. The van der Waals surface area contributed by atoms with Crippen LogP contribution in [-0.2, 0) is 0 Å². The molecule has 0 bridgehead atoms. The van der Waals surface area contributed by atoms with Crippen LogP contribution in [0.5, 0.6) is 0 Å². The van der Waals surface area contributed by atoms with Crippen LogP contribution in [-0.4, -0.2) is 23.5 Å². The zero-order chi connectivity index (χ0) is 15.2. The maximum absolute atomic E-state index is 12.5. The SMILES string of the molecule is CCCNc1cc(C)ncc1C(=O)NC1CCCC(C)C1. The quantitative estimate of drug-likeness (QED) is 0.872. The standard InChI is InChI=1S/C17H27N3O/c1-4-8-18-16-10-13(3)19-11-15(16)17(21)20-14-7-5-6-12(2)9-14/h10-12,14H,4-9H2,1-3H3,(H,18,19)(H,20,21). The number of pyridine rings is 1. The maximum atomic E-state index is 12.5. The number of amides is 1. The molecule has 2 unspecified atom stereocenters. The van der Waals surface area contributed by atoms with Gasteiger partial charge in [-0.1, -0.05) is 26.7 Å². The van der Waals surface area contributed by atoms with Crippen LogP contribution in [0.2, 0.25) is 0 Å². The molecule has 0 spiro atoms. The van der Waals surface area contributed by atoms with Crippen molar-refractivity contribution in [3.05, 3.63) is 23.5 Å². The minimum atomic E-state index is 0.000188. The van der Waals surface area contributed by atoms with Gasteiger partial charge >= 0.3 is 0 Å². The fourth-order valence-corrected chi connectivity index (χ4v) is 2.98. The Balaban J connectivity index is 2.07. The number of carbonyl (C=O) groups excluding carboxylic acids is 1. The molecule has 1 amide bonds. The van der Waals surface area contributed by atoms with Crippen LogP contribution < -0.4 is 10.6 Å². The molecule has 1 aromatic rings. The average molecular weight is 289 g/mol. The lowest BCUT2D eigenvalue weighted by Crippen LogP contribution is -2.38. The van der Waals surface area contributed by atoms with Gasteiger partial charge in [-0.3, -0.25) is 9.78 Å². The van der Waals surface area contributed by atoms with Crippen LogP contribution in [0.4, 0.5) is 5.69 Å². The number of hydrogen-bond acceptors (Lipinski definition) is 3. The van der Waals surface area contributed by atoms with E-state index in [2.05, 4.69) is 29.5 Å². The molecule has 0 aliphatic heterocycles. The zero-order valence-electron chi connectivity index (χ0n) is 13.4. The highest BCUT2D eigenvalue weighted by Crippen LogP contribution is 2.24. The first kappa shape index (κ1) is 15.8. The molecular weight excluding hydrogens is 262 g/mol. The van der Waals surface area contributed by atoms with E-state index in [1.165, 1.54) is 12.8 Å². The van der Waals surface area contributed by atoms with Crippen LogP contribution in [0.25, 0.3) is 0 Å². The Bertz CT molecular complexity index is 487. The van der Waals surface area contributed by atoms with Crippen LogP contribution in [0.15, 0.2) is 12.3 Å². The first-order valence-corrected chi connectivity index (χ1v) is 8.11. The first-order valence-electron chi connectivity index (χ1n) is 8.11. The maximum Gasteiger partial charge on any atom is 0.255 e. The van der Waals surface area contributed by atoms with Crippen LogP contribution in [0.3, 0.4) is 0 Å². The van der Waals surface area contributed by atoms with Crippen molar-refractivity contribution in [2.24, 2.45) is 5.92 Å². The van der Waals surface area contributed by atoms with E-state index >= 15 is 0 Å². The van der Waals surface area contributed by atoms with Crippen molar-refractivity contribution in [2.75, 3.05) is 11.9 Å². The summed E-state index contributed by atoms with van der Waals surface area (Å²) in [4.78, 5) is 16.8. The minimum Gasteiger partial charge on any atom is -0.384 e. The Morgan fingerprint density at radius 2 is 2.24 bits per heavy atom. The highest BCUT2D eigenvalue weighted by molar-refractivity contribution is 5.99. The first-order chi connectivity index (χ1) is 10.1. The molecule has 0 aromatic carbocycles. The van der Waals surface area contributed by atoms with Crippen molar-refractivity contribution < 1.29 is 4.79 Å². The number of aromatic nitrogens is 1. The Kier molecular flexibility index (Phi) is 5.59. The predicted molar refractivity (Wildman–Crippen MR) is 86.6 cm³/mol. The molecule has 1 aromatic heterocycles. The molecule has 1 aliphatic carbocycles. The molecule has 4 heteroatoms. The fraction of sp³-hybridized carbons (Fsp3) is 0.647. The van der Waals surface area contributed by atoms with Gasteiger partial charge in [-0.25, -0.2) is 0 Å². The molecular formula is C17H27N3O. The lowest BCUT2D eigenvalue weighted by Gasteiger charge is -2.27. The van der Waals surface area contributed by atoms with Gasteiger partial charge in [0.2, 0.25) is 0 Å². The van der Waals surface area contributed by atoms with Gasteiger partial charge in [0.25, 0.3) is 5.91 Å². The number of aryl methyl sites for hydroxylation is 1. The van der Waals surface area contributed by atoms with E-state index in [4.69, 9.17) is 0 Å². The van der Waals surface area contributed by atoms with Crippen molar-refractivity contribution >= 4 is 11.6 Å². The lowest BCUT2D eigenvalue weighted by atomic mass is 9.87. The highest BCUT2D eigenvalue weighted by Gasteiger charge is 2.22. The van der Waals surface area contributed by atoms with Gasteiger partial charge in [-0.15, -0.1) is 0 Å². The van der Waals surface area contributed by atoms with Gasteiger partial charge in [-0.05, 0) is 38.2 Å². The molecule has 2 N–H and O–H groups in total. The molecule has 1 aliphatic rings. The second-order valence-corrected chi connectivity index (χ2v) is 6.24. The van der Waals surface area contributed by atoms with E-state index in [1.807, 2.05) is 13.0 Å². The Labute approximate surface area is 127 Å². The van der Waals surface area contributed by atoms with Crippen molar-refractivity contribution in [3.8, 4) is 0 Å². The summed E-state index contributed by atoms with van der Waals surface area (Å²) in [5.74, 6) is 0.707. The summed E-state index contributed by atoms with van der Waals surface area (Å²) in [6.45, 7) is 7.19. The summed E-state index contributed by atoms with van der Waals surface area (Å²) in [5.41, 5.74) is 2.48. The average Bonchev–Trinajstić information content (AvgIpc) is 2.45. The molecule has 4 nitrogen and oxygen atoms in total. The second-order valence-electron chi connectivity index (χ2n) is 6.24. The smallest absolute Gasteiger partial charge is 0.255 e. The van der Waals surface area contributed by atoms with Gasteiger partial charge < -0.3 is 10.6 Å². The number of anilines is 1. The van der Waals surface area contributed by atoms with Gasteiger partial charge in [0, 0.05) is 24.5 Å². The normalized spacial score (nSPS) is 21.9. The third kappa shape index (κ3) is 4.45. The Hall–Kier alpha value is -1.58. The molecule has 1 fully saturated rings. The van der Waals surface area contributed by atoms with Crippen LogP contribution >= 0.6 is 0 Å². The van der Waals surface area contributed by atoms with Gasteiger partial charge in [0.15, 0.2) is 0 Å². The zero-order valence-corrected chi connectivity index (χ0v) is 13.4. The van der Waals surface area contributed by atoms with Crippen molar-refractivity contribution in [3.63, 3.8) is 0 Å². The number of rotatable bonds is 5. The molecule has 1 heterocycles. The summed E-state index contributed by atoms with van der Waals surface area (Å²) in [7, 11) is 0. The van der Waals surface area contributed by atoms with E-state index in [1.54, 1.807) is 6.20 Å². The largest absolute Gasteiger partial charge is 0.384 e. The molecule has 0 radical (unpaired) electrons. The van der Waals surface area contributed by atoms with Gasteiger partial charge in [0.05, 0.1) is 11.3 Å². The van der Waals surface area contributed by atoms with Gasteiger partial charge in [-0.2, -0.15) is 0 Å². The van der Waals surface area contributed by atoms with E-state index in [0.29, 0.717) is 17.5 Å². The molecule has 1 saturated carbocycles. The van der Waals surface area contributed by atoms with Crippen LogP contribution in [0, 0.1) is 12.8 Å². The molecule has 116 valence electrons. The molecule has 0 saturated heterocycles. The van der Waals surface area contributed by atoms with E-state index in [-0.39, 0.29) is 5.91 Å². The highest BCUT2D eigenvalue weighted by atomic mass is 16.1. The van der Waals surface area contributed by atoms with E-state index < -0.39 is 0 Å².